The average molecular weight is 376 g/mol. The fourth-order valence-electron chi connectivity index (χ4n) is 2.66. The summed E-state index contributed by atoms with van der Waals surface area (Å²) < 4.78 is 11.1. The van der Waals surface area contributed by atoms with Gasteiger partial charge in [0.05, 0.1) is 7.11 Å². The van der Waals surface area contributed by atoms with Gasteiger partial charge >= 0.3 is 0 Å². The molecule has 0 radical (unpaired) electrons. The number of aliphatic hydroxyl groups is 1. The second-order valence-corrected chi connectivity index (χ2v) is 6.63. The molecule has 1 atom stereocenters. The van der Waals surface area contributed by atoms with Crippen LogP contribution >= 0.6 is 11.6 Å². The van der Waals surface area contributed by atoms with Crippen molar-refractivity contribution in [1.29, 1.82) is 0 Å². The molecule has 0 saturated heterocycles. The summed E-state index contributed by atoms with van der Waals surface area (Å²) in [5.74, 6) is 1.28. The molecule has 0 amide bonds. The van der Waals surface area contributed by atoms with Crippen molar-refractivity contribution in [3.05, 3.63) is 64.7 Å². The zero-order valence-electron chi connectivity index (χ0n) is 15.5. The highest BCUT2D eigenvalue weighted by Gasteiger charge is 2.12. The Hall–Kier alpha value is -2.01. The van der Waals surface area contributed by atoms with Gasteiger partial charge in [0.1, 0.15) is 12.7 Å². The third kappa shape index (κ3) is 6.37. The van der Waals surface area contributed by atoms with Gasteiger partial charge in [-0.2, -0.15) is 0 Å². The lowest BCUT2D eigenvalue weighted by atomic mass is 10.2. The molecule has 5 heteroatoms. The van der Waals surface area contributed by atoms with E-state index in [0.29, 0.717) is 18.0 Å². The maximum Gasteiger partial charge on any atom is 0.161 e. The van der Waals surface area contributed by atoms with Crippen molar-refractivity contribution < 1.29 is 14.6 Å². The molecular weight excluding hydrogens is 350 g/mol. The zero-order valence-corrected chi connectivity index (χ0v) is 16.2. The van der Waals surface area contributed by atoms with Gasteiger partial charge in [-0.3, -0.25) is 4.90 Å². The van der Waals surface area contributed by atoms with Crippen molar-refractivity contribution in [1.82, 2.24) is 4.90 Å². The van der Waals surface area contributed by atoms with Crippen LogP contribution in [0.25, 0.3) is 6.08 Å². The van der Waals surface area contributed by atoms with E-state index in [4.69, 9.17) is 21.1 Å². The van der Waals surface area contributed by atoms with Gasteiger partial charge in [0, 0.05) is 18.1 Å². The Bertz CT molecular complexity index is 716. The van der Waals surface area contributed by atoms with Gasteiger partial charge in [-0.1, -0.05) is 42.0 Å². The number of aliphatic hydroxyl groups excluding tert-OH is 1. The first-order chi connectivity index (χ1) is 12.5. The smallest absolute Gasteiger partial charge is 0.161 e. The molecule has 140 valence electrons. The van der Waals surface area contributed by atoms with E-state index in [1.165, 1.54) is 0 Å². The second-order valence-electron chi connectivity index (χ2n) is 6.20. The molecular formula is C21H26ClNO3. The van der Waals surface area contributed by atoms with E-state index in [2.05, 4.69) is 0 Å². The third-order valence-corrected chi connectivity index (χ3v) is 4.12. The van der Waals surface area contributed by atoms with Crippen LogP contribution in [-0.4, -0.2) is 43.4 Å². The Kier molecular flexibility index (Phi) is 7.98. The van der Waals surface area contributed by atoms with E-state index in [-0.39, 0.29) is 6.61 Å². The number of likely N-dealkylation sites (N-methyl/N-ethyl adjacent to an activating group) is 1. The number of nitrogens with zero attached hydrogens (tertiary/aromatic N) is 1. The maximum atomic E-state index is 10.3. The summed E-state index contributed by atoms with van der Waals surface area (Å²) in [5, 5.41) is 11.0. The van der Waals surface area contributed by atoms with E-state index >= 15 is 0 Å². The molecule has 2 aromatic rings. The number of ether oxygens (including phenoxy) is 2. The number of hydrogen-bond donors (Lipinski definition) is 1. The molecule has 0 spiro atoms. The molecule has 2 aromatic carbocycles. The van der Waals surface area contributed by atoms with Crippen molar-refractivity contribution in [2.45, 2.75) is 19.6 Å². The van der Waals surface area contributed by atoms with Crippen LogP contribution in [0.4, 0.5) is 0 Å². The number of rotatable bonds is 9. The Labute approximate surface area is 160 Å². The average Bonchev–Trinajstić information content (AvgIpc) is 2.62. The highest BCUT2D eigenvalue weighted by atomic mass is 35.5. The summed E-state index contributed by atoms with van der Waals surface area (Å²) in [6, 6.07) is 13.4. The van der Waals surface area contributed by atoms with E-state index in [0.717, 1.165) is 22.7 Å². The standard InChI is InChI=1S/C21H26ClNO3/c1-4-5-16-8-11-20(21(12-16)25-3)26-15-19(24)14-23(2)13-17-6-9-18(22)10-7-17/h4-12,19,24H,13-15H2,1-3H3/b5-4+. The highest BCUT2D eigenvalue weighted by molar-refractivity contribution is 6.30. The Morgan fingerprint density at radius 1 is 1.15 bits per heavy atom. The zero-order chi connectivity index (χ0) is 18.9. The van der Waals surface area contributed by atoms with Crippen LogP contribution in [0.3, 0.4) is 0 Å². The monoisotopic (exact) mass is 375 g/mol. The van der Waals surface area contributed by atoms with Gasteiger partial charge in [-0.25, -0.2) is 0 Å². The fourth-order valence-corrected chi connectivity index (χ4v) is 2.79. The summed E-state index contributed by atoms with van der Waals surface area (Å²) in [6.07, 6.45) is 3.36. The molecule has 0 saturated carbocycles. The van der Waals surface area contributed by atoms with E-state index in [1.54, 1.807) is 7.11 Å². The number of methoxy groups -OCH3 is 1. The number of halogens is 1. The first kappa shape index (κ1) is 20.3. The minimum atomic E-state index is -0.604. The van der Waals surface area contributed by atoms with Crippen molar-refractivity contribution in [3.8, 4) is 11.5 Å². The quantitative estimate of drug-likeness (QED) is 0.711. The molecule has 0 aliphatic heterocycles. The first-order valence-corrected chi connectivity index (χ1v) is 8.94. The number of hydrogen-bond acceptors (Lipinski definition) is 4. The van der Waals surface area contributed by atoms with Gasteiger partial charge in [0.25, 0.3) is 0 Å². The number of benzene rings is 2. The second kappa shape index (κ2) is 10.2. The van der Waals surface area contributed by atoms with Crippen LogP contribution in [0.2, 0.25) is 5.02 Å². The van der Waals surface area contributed by atoms with Gasteiger partial charge in [0.2, 0.25) is 0 Å². The lowest BCUT2D eigenvalue weighted by molar-refractivity contribution is 0.0733. The molecule has 2 rings (SSSR count). The predicted octanol–water partition coefficient (Wildman–Crippen LogP) is 4.25. The minimum Gasteiger partial charge on any atom is -0.493 e. The SMILES string of the molecule is C/C=C/c1ccc(OCC(O)CN(C)Cc2ccc(Cl)cc2)c(OC)c1. The van der Waals surface area contributed by atoms with E-state index in [1.807, 2.05) is 73.5 Å². The van der Waals surface area contributed by atoms with Crippen LogP contribution in [0.15, 0.2) is 48.5 Å². The van der Waals surface area contributed by atoms with Crippen molar-refractivity contribution in [3.63, 3.8) is 0 Å². The molecule has 0 aliphatic carbocycles. The van der Waals surface area contributed by atoms with Gasteiger partial charge < -0.3 is 14.6 Å². The minimum absolute atomic E-state index is 0.199. The fraction of sp³-hybridized carbons (Fsp3) is 0.333. The molecule has 26 heavy (non-hydrogen) atoms. The Morgan fingerprint density at radius 3 is 2.54 bits per heavy atom. The van der Waals surface area contributed by atoms with Crippen molar-refractivity contribution in [2.24, 2.45) is 0 Å². The van der Waals surface area contributed by atoms with E-state index in [9.17, 15) is 5.11 Å². The molecule has 0 aromatic heterocycles. The molecule has 0 fully saturated rings. The van der Waals surface area contributed by atoms with Crippen molar-refractivity contribution >= 4 is 17.7 Å². The Morgan fingerprint density at radius 2 is 1.88 bits per heavy atom. The summed E-state index contributed by atoms with van der Waals surface area (Å²) in [4.78, 5) is 2.05. The van der Waals surface area contributed by atoms with Gasteiger partial charge in [-0.05, 0) is 49.4 Å². The maximum absolute atomic E-state index is 10.3. The van der Waals surface area contributed by atoms with Crippen LogP contribution in [0.5, 0.6) is 11.5 Å². The third-order valence-electron chi connectivity index (χ3n) is 3.87. The van der Waals surface area contributed by atoms with Crippen LogP contribution in [0, 0.1) is 0 Å². The molecule has 0 aliphatic rings. The highest BCUT2D eigenvalue weighted by Crippen LogP contribution is 2.28. The predicted molar refractivity (Wildman–Crippen MR) is 107 cm³/mol. The largest absolute Gasteiger partial charge is 0.493 e. The molecule has 4 nitrogen and oxygen atoms in total. The summed E-state index contributed by atoms with van der Waals surface area (Å²) in [7, 11) is 3.57. The molecule has 1 N–H and O–H groups in total. The molecule has 0 bridgehead atoms. The van der Waals surface area contributed by atoms with Crippen LogP contribution in [0.1, 0.15) is 18.1 Å². The summed E-state index contributed by atoms with van der Waals surface area (Å²) in [6.45, 7) is 3.40. The number of allylic oxidation sites excluding steroid dienone is 1. The van der Waals surface area contributed by atoms with E-state index < -0.39 is 6.10 Å². The topological polar surface area (TPSA) is 41.9 Å². The lowest BCUT2D eigenvalue weighted by Gasteiger charge is -2.21. The van der Waals surface area contributed by atoms with Crippen LogP contribution in [-0.2, 0) is 6.54 Å². The molecule has 0 heterocycles. The van der Waals surface area contributed by atoms with Gasteiger partial charge in [0.15, 0.2) is 11.5 Å². The van der Waals surface area contributed by atoms with Crippen molar-refractivity contribution in [2.75, 3.05) is 27.3 Å². The summed E-state index contributed by atoms with van der Waals surface area (Å²) in [5.41, 5.74) is 2.19. The lowest BCUT2D eigenvalue weighted by Crippen LogP contribution is -2.32. The first-order valence-electron chi connectivity index (χ1n) is 8.56. The van der Waals surface area contributed by atoms with Gasteiger partial charge in [-0.15, -0.1) is 0 Å². The van der Waals surface area contributed by atoms with Crippen LogP contribution < -0.4 is 9.47 Å². The summed E-state index contributed by atoms with van der Waals surface area (Å²) >= 11 is 5.90. The molecule has 1 unspecified atom stereocenters. The normalized spacial score (nSPS) is 12.5. The Balaban J connectivity index is 1.85.